The number of benzene rings is 1. The molecular formula is C17H25N3O3S. The van der Waals surface area contributed by atoms with Gasteiger partial charge in [0.15, 0.2) is 0 Å². The lowest BCUT2D eigenvalue weighted by Gasteiger charge is -2.32. The molecule has 2 fully saturated rings. The summed E-state index contributed by atoms with van der Waals surface area (Å²) < 4.78 is 27.0. The molecule has 0 spiro atoms. The molecule has 0 saturated carbocycles. The largest absolute Gasteiger partial charge is 0.325 e. The van der Waals surface area contributed by atoms with E-state index in [2.05, 4.69) is 0 Å². The van der Waals surface area contributed by atoms with E-state index in [9.17, 15) is 13.2 Å². The van der Waals surface area contributed by atoms with Crippen LogP contribution in [-0.4, -0.2) is 60.9 Å². The molecule has 2 aliphatic rings. The first kappa shape index (κ1) is 17.2. The van der Waals surface area contributed by atoms with Crippen LogP contribution in [0.5, 0.6) is 0 Å². The van der Waals surface area contributed by atoms with Gasteiger partial charge in [-0.05, 0) is 45.2 Å². The highest BCUT2D eigenvalue weighted by atomic mass is 32.2. The smallest absolute Gasteiger partial charge is 0.321 e. The van der Waals surface area contributed by atoms with Gasteiger partial charge in [0.25, 0.3) is 0 Å². The second-order valence-corrected chi connectivity index (χ2v) is 8.68. The van der Waals surface area contributed by atoms with Crippen LogP contribution in [-0.2, 0) is 10.0 Å². The Hall–Kier alpha value is -1.60. The van der Waals surface area contributed by atoms with Crippen molar-refractivity contribution in [3.63, 3.8) is 0 Å². The van der Waals surface area contributed by atoms with E-state index in [4.69, 9.17) is 0 Å². The molecule has 0 aromatic heterocycles. The number of carbonyl (C=O) groups excluding carboxylic acids is 1. The predicted molar refractivity (Wildman–Crippen MR) is 92.1 cm³/mol. The van der Waals surface area contributed by atoms with Crippen LogP contribution in [0.4, 0.5) is 4.79 Å². The molecule has 7 heteroatoms. The van der Waals surface area contributed by atoms with Crippen LogP contribution in [0, 0.1) is 6.92 Å². The van der Waals surface area contributed by atoms with Crippen molar-refractivity contribution in [1.29, 1.82) is 0 Å². The van der Waals surface area contributed by atoms with Crippen LogP contribution in [0.1, 0.15) is 31.7 Å². The van der Waals surface area contributed by atoms with Gasteiger partial charge in [-0.25, -0.2) is 13.2 Å². The van der Waals surface area contributed by atoms with Crippen molar-refractivity contribution in [3.8, 4) is 0 Å². The second kappa shape index (κ2) is 6.72. The molecule has 1 unspecified atom stereocenters. The van der Waals surface area contributed by atoms with Gasteiger partial charge < -0.3 is 9.80 Å². The van der Waals surface area contributed by atoms with Gasteiger partial charge in [0, 0.05) is 25.7 Å². The number of urea groups is 1. The Morgan fingerprint density at radius 2 is 1.71 bits per heavy atom. The molecule has 2 heterocycles. The van der Waals surface area contributed by atoms with Gasteiger partial charge in [-0.2, -0.15) is 4.31 Å². The summed E-state index contributed by atoms with van der Waals surface area (Å²) >= 11 is 0. The summed E-state index contributed by atoms with van der Waals surface area (Å²) in [6, 6.07) is 6.70. The average molecular weight is 351 g/mol. The van der Waals surface area contributed by atoms with Gasteiger partial charge in [0.1, 0.15) is 0 Å². The molecule has 1 aromatic rings. The number of sulfonamides is 1. The van der Waals surface area contributed by atoms with Crippen molar-refractivity contribution in [2.45, 2.75) is 44.0 Å². The summed E-state index contributed by atoms with van der Waals surface area (Å²) in [7, 11) is -3.56. The first-order valence-corrected chi connectivity index (χ1v) is 9.96. The highest BCUT2D eigenvalue weighted by Gasteiger charge is 2.39. The van der Waals surface area contributed by atoms with E-state index in [0.29, 0.717) is 6.54 Å². The van der Waals surface area contributed by atoms with Crippen molar-refractivity contribution in [3.05, 3.63) is 29.8 Å². The van der Waals surface area contributed by atoms with Crippen molar-refractivity contribution in [2.24, 2.45) is 0 Å². The molecule has 0 bridgehead atoms. The second-order valence-electron chi connectivity index (χ2n) is 6.74. The lowest BCUT2D eigenvalue weighted by molar-refractivity contribution is 0.140. The maximum atomic E-state index is 12.8. The summed E-state index contributed by atoms with van der Waals surface area (Å²) in [5, 5.41) is 0. The minimum Gasteiger partial charge on any atom is -0.325 e. The normalized spacial score (nSPS) is 22.8. The van der Waals surface area contributed by atoms with Crippen LogP contribution in [0.15, 0.2) is 29.2 Å². The molecule has 1 aromatic carbocycles. The number of aryl methyl sites for hydroxylation is 1. The highest BCUT2D eigenvalue weighted by Crippen LogP contribution is 2.24. The minimum atomic E-state index is -3.56. The van der Waals surface area contributed by atoms with Crippen LogP contribution >= 0.6 is 0 Å². The van der Waals surface area contributed by atoms with E-state index in [1.165, 1.54) is 4.31 Å². The Kier molecular flexibility index (Phi) is 4.83. The summed E-state index contributed by atoms with van der Waals surface area (Å²) in [4.78, 5) is 16.5. The van der Waals surface area contributed by atoms with E-state index < -0.39 is 10.0 Å². The van der Waals surface area contributed by atoms with E-state index in [-0.39, 0.29) is 23.6 Å². The van der Waals surface area contributed by atoms with Crippen LogP contribution < -0.4 is 0 Å². The molecule has 0 radical (unpaired) electrons. The molecule has 24 heavy (non-hydrogen) atoms. The van der Waals surface area contributed by atoms with Crippen molar-refractivity contribution in [2.75, 3.05) is 26.3 Å². The fraction of sp³-hybridized carbons (Fsp3) is 0.588. The Labute approximate surface area is 144 Å². The fourth-order valence-corrected chi connectivity index (χ4v) is 4.78. The molecular weight excluding hydrogens is 326 g/mol. The maximum Gasteiger partial charge on any atom is 0.321 e. The molecule has 3 rings (SSSR count). The summed E-state index contributed by atoms with van der Waals surface area (Å²) in [6.45, 7) is 5.85. The molecule has 0 N–H and O–H groups in total. The predicted octanol–water partition coefficient (Wildman–Crippen LogP) is 2.25. The summed E-state index contributed by atoms with van der Waals surface area (Å²) in [6.07, 6.45) is 3.21. The Bertz CT molecular complexity index is 696. The van der Waals surface area contributed by atoms with E-state index in [0.717, 1.165) is 37.9 Å². The number of piperidine rings is 1. The third kappa shape index (κ3) is 3.28. The molecule has 2 aliphatic heterocycles. The van der Waals surface area contributed by atoms with Crippen LogP contribution in [0.2, 0.25) is 0 Å². The van der Waals surface area contributed by atoms with Crippen LogP contribution in [0.3, 0.4) is 0 Å². The number of nitrogens with zero attached hydrogens (tertiary/aromatic N) is 3. The number of likely N-dealkylation sites (tertiary alicyclic amines) is 1. The molecule has 2 amide bonds. The zero-order valence-electron chi connectivity index (χ0n) is 14.3. The standard InChI is InChI=1S/C17H25N3O3S/c1-14-6-8-16(9-7-14)24(22,23)19-12-15(2)20(13-19)17(21)18-10-4-3-5-11-18/h6-9,15H,3-5,10-13H2,1-2H3. The zero-order chi connectivity index (χ0) is 17.3. The maximum absolute atomic E-state index is 12.8. The quantitative estimate of drug-likeness (QED) is 0.821. The number of hydrogen-bond donors (Lipinski definition) is 0. The Morgan fingerprint density at radius 1 is 1.08 bits per heavy atom. The van der Waals surface area contributed by atoms with Crippen LogP contribution in [0.25, 0.3) is 0 Å². The van der Waals surface area contributed by atoms with Gasteiger partial charge in [0.2, 0.25) is 10.0 Å². The van der Waals surface area contributed by atoms with Crippen molar-refractivity contribution in [1.82, 2.24) is 14.1 Å². The van der Waals surface area contributed by atoms with Crippen molar-refractivity contribution < 1.29 is 13.2 Å². The summed E-state index contributed by atoms with van der Waals surface area (Å²) in [5.41, 5.74) is 1.02. The van der Waals surface area contributed by atoms with E-state index in [1.54, 1.807) is 29.2 Å². The number of hydrogen-bond acceptors (Lipinski definition) is 3. The molecule has 0 aliphatic carbocycles. The zero-order valence-corrected chi connectivity index (χ0v) is 15.1. The topological polar surface area (TPSA) is 60.9 Å². The fourth-order valence-electron chi connectivity index (χ4n) is 3.31. The molecule has 6 nitrogen and oxygen atoms in total. The third-order valence-electron chi connectivity index (χ3n) is 4.84. The van der Waals surface area contributed by atoms with E-state index in [1.807, 2.05) is 18.7 Å². The van der Waals surface area contributed by atoms with Gasteiger partial charge in [0.05, 0.1) is 11.6 Å². The SMILES string of the molecule is Cc1ccc(S(=O)(=O)N2CC(C)N(C(=O)N3CCCCC3)C2)cc1. The first-order chi connectivity index (χ1) is 11.4. The van der Waals surface area contributed by atoms with Gasteiger partial charge in [-0.15, -0.1) is 0 Å². The molecule has 2 saturated heterocycles. The third-order valence-corrected chi connectivity index (χ3v) is 6.65. The van der Waals surface area contributed by atoms with Gasteiger partial charge in [-0.1, -0.05) is 17.7 Å². The number of carbonyl (C=O) groups is 1. The lowest BCUT2D eigenvalue weighted by atomic mass is 10.1. The lowest BCUT2D eigenvalue weighted by Crippen LogP contribution is -2.47. The van der Waals surface area contributed by atoms with E-state index >= 15 is 0 Å². The van der Waals surface area contributed by atoms with Gasteiger partial charge in [-0.3, -0.25) is 0 Å². The molecule has 132 valence electrons. The Morgan fingerprint density at radius 3 is 2.33 bits per heavy atom. The Balaban J connectivity index is 1.75. The minimum absolute atomic E-state index is 0.0381. The number of rotatable bonds is 2. The van der Waals surface area contributed by atoms with Gasteiger partial charge >= 0.3 is 6.03 Å². The highest BCUT2D eigenvalue weighted by molar-refractivity contribution is 7.89. The summed E-state index contributed by atoms with van der Waals surface area (Å²) in [5.74, 6) is 0. The molecule has 1 atom stereocenters. The monoisotopic (exact) mass is 351 g/mol. The number of amides is 2. The van der Waals surface area contributed by atoms with Crippen molar-refractivity contribution >= 4 is 16.1 Å². The first-order valence-electron chi connectivity index (χ1n) is 8.52. The average Bonchev–Trinajstić information content (AvgIpc) is 2.98.